The van der Waals surface area contributed by atoms with E-state index in [0.29, 0.717) is 12.1 Å². The van der Waals surface area contributed by atoms with E-state index in [2.05, 4.69) is 15.0 Å². The summed E-state index contributed by atoms with van der Waals surface area (Å²) in [5.41, 5.74) is 0.753. The van der Waals surface area contributed by atoms with Crippen molar-refractivity contribution in [3.8, 4) is 0 Å². The van der Waals surface area contributed by atoms with Crippen LogP contribution in [0.25, 0.3) is 0 Å². The van der Waals surface area contributed by atoms with Gasteiger partial charge in [-0.05, 0) is 30.0 Å². The maximum absolute atomic E-state index is 13.4. The molecule has 0 bridgehead atoms. The van der Waals surface area contributed by atoms with Gasteiger partial charge in [0.05, 0.1) is 13.1 Å². The van der Waals surface area contributed by atoms with Gasteiger partial charge in [0.2, 0.25) is 0 Å². The van der Waals surface area contributed by atoms with Crippen LogP contribution in [0.5, 0.6) is 0 Å². The molecule has 3 heterocycles. The number of nitrogens with zero attached hydrogens (tertiary/aromatic N) is 5. The summed E-state index contributed by atoms with van der Waals surface area (Å²) in [6.45, 7) is 2.56. The van der Waals surface area contributed by atoms with E-state index in [9.17, 15) is 13.6 Å². The number of thioether (sulfide) groups is 1. The number of benzene rings is 1. The molecule has 0 amide bonds. The molecular formula is C17H15F2N5OS2. The van der Waals surface area contributed by atoms with Gasteiger partial charge in [0.15, 0.2) is 5.50 Å². The van der Waals surface area contributed by atoms with E-state index >= 15 is 0 Å². The fourth-order valence-corrected chi connectivity index (χ4v) is 4.59. The molecule has 1 atom stereocenters. The van der Waals surface area contributed by atoms with Crippen LogP contribution in [-0.2, 0) is 13.1 Å². The molecule has 2 aromatic heterocycles. The van der Waals surface area contributed by atoms with Crippen LogP contribution in [0.2, 0.25) is 0 Å². The third-order valence-corrected chi connectivity index (χ3v) is 6.09. The largest absolute Gasteiger partial charge is 0.348 e. The van der Waals surface area contributed by atoms with Crippen molar-refractivity contribution in [2.45, 2.75) is 25.5 Å². The molecule has 1 aliphatic heterocycles. The van der Waals surface area contributed by atoms with Crippen molar-refractivity contribution >= 4 is 23.1 Å². The molecule has 4 rings (SSSR count). The molecule has 10 heteroatoms. The van der Waals surface area contributed by atoms with Gasteiger partial charge in [0.1, 0.15) is 23.0 Å². The Balaban J connectivity index is 1.58. The van der Waals surface area contributed by atoms with Gasteiger partial charge in [-0.25, -0.2) is 23.2 Å². The Morgan fingerprint density at radius 3 is 2.67 bits per heavy atom. The first-order chi connectivity index (χ1) is 13.0. The maximum Gasteiger partial charge on any atom is 0.348 e. The highest BCUT2D eigenvalue weighted by molar-refractivity contribution is 8.02. The molecule has 0 aliphatic carbocycles. The highest BCUT2D eigenvalue weighted by Crippen LogP contribution is 2.39. The van der Waals surface area contributed by atoms with Crippen molar-refractivity contribution in [3.63, 3.8) is 0 Å². The predicted molar refractivity (Wildman–Crippen MR) is 100.0 cm³/mol. The number of halogens is 2. The number of hydrogen-bond donors (Lipinski definition) is 0. The predicted octanol–water partition coefficient (Wildman–Crippen LogP) is 3.39. The first-order valence-electron chi connectivity index (χ1n) is 8.07. The SMILES string of the molecule is CC1=CSC(n2cnn(Cc3cc(F)cc(F)c3)c2=O)N1Cc1nccs1. The standard InChI is InChI=1S/C17H15F2N5OS2/c1-11-9-27-17(22(11)8-15-20-2-3-26-15)23-10-21-24(16(23)25)7-12-4-13(18)6-14(19)5-12/h2-6,9-10,17H,7-8H2,1H3. The van der Waals surface area contributed by atoms with Crippen LogP contribution in [0.1, 0.15) is 23.0 Å². The smallest absolute Gasteiger partial charge is 0.339 e. The number of allylic oxidation sites excluding steroid dienone is 1. The normalized spacial score (nSPS) is 16.8. The van der Waals surface area contributed by atoms with E-state index in [1.54, 1.807) is 17.5 Å². The van der Waals surface area contributed by atoms with Crippen molar-refractivity contribution in [3.05, 3.63) is 79.9 Å². The Morgan fingerprint density at radius 2 is 1.96 bits per heavy atom. The fourth-order valence-electron chi connectivity index (χ4n) is 2.86. The van der Waals surface area contributed by atoms with E-state index in [0.717, 1.165) is 16.8 Å². The second-order valence-corrected chi connectivity index (χ2v) is 7.94. The van der Waals surface area contributed by atoms with Crippen LogP contribution in [0.3, 0.4) is 0 Å². The van der Waals surface area contributed by atoms with E-state index in [1.165, 1.54) is 39.5 Å². The molecule has 27 heavy (non-hydrogen) atoms. The Morgan fingerprint density at radius 1 is 1.19 bits per heavy atom. The summed E-state index contributed by atoms with van der Waals surface area (Å²) < 4.78 is 29.5. The topological polar surface area (TPSA) is 56.0 Å². The molecule has 3 aromatic rings. The molecule has 0 saturated heterocycles. The molecule has 0 saturated carbocycles. The molecule has 0 spiro atoms. The summed E-state index contributed by atoms with van der Waals surface area (Å²) in [4.78, 5) is 19.2. The van der Waals surface area contributed by atoms with Gasteiger partial charge in [0, 0.05) is 23.3 Å². The van der Waals surface area contributed by atoms with Crippen LogP contribution in [0.4, 0.5) is 8.78 Å². The molecule has 6 nitrogen and oxygen atoms in total. The van der Waals surface area contributed by atoms with Crippen LogP contribution in [0, 0.1) is 11.6 Å². The van der Waals surface area contributed by atoms with Crippen molar-refractivity contribution in [1.82, 2.24) is 24.2 Å². The molecule has 0 N–H and O–H groups in total. The summed E-state index contributed by atoms with van der Waals surface area (Å²) in [7, 11) is 0. The molecule has 1 aliphatic rings. The molecule has 0 fully saturated rings. The van der Waals surface area contributed by atoms with Crippen molar-refractivity contribution in [2.75, 3.05) is 0 Å². The summed E-state index contributed by atoms with van der Waals surface area (Å²) in [6, 6.07) is 3.18. The first kappa shape index (κ1) is 17.9. The Bertz CT molecular complexity index is 1020. The third-order valence-electron chi connectivity index (χ3n) is 4.12. The second-order valence-electron chi connectivity index (χ2n) is 6.03. The quantitative estimate of drug-likeness (QED) is 0.649. The Kier molecular flexibility index (Phi) is 4.83. The minimum atomic E-state index is -0.682. The van der Waals surface area contributed by atoms with Crippen LogP contribution >= 0.6 is 23.1 Å². The maximum atomic E-state index is 13.4. The number of aromatic nitrogens is 4. The first-order valence-corrected chi connectivity index (χ1v) is 9.89. The van der Waals surface area contributed by atoms with Gasteiger partial charge in [-0.1, -0.05) is 11.8 Å². The lowest BCUT2D eigenvalue weighted by atomic mass is 10.2. The zero-order valence-electron chi connectivity index (χ0n) is 14.2. The van der Waals surface area contributed by atoms with Crippen molar-refractivity contribution < 1.29 is 8.78 Å². The summed E-state index contributed by atoms with van der Waals surface area (Å²) in [5.74, 6) is -1.36. The average Bonchev–Trinajstić information content (AvgIpc) is 3.32. The van der Waals surface area contributed by atoms with E-state index in [4.69, 9.17) is 0 Å². The summed E-state index contributed by atoms with van der Waals surface area (Å²) in [5, 5.41) is 8.97. The summed E-state index contributed by atoms with van der Waals surface area (Å²) >= 11 is 3.06. The minimum absolute atomic E-state index is 0.00318. The zero-order chi connectivity index (χ0) is 19.0. The zero-order valence-corrected chi connectivity index (χ0v) is 15.9. The van der Waals surface area contributed by atoms with Crippen LogP contribution < -0.4 is 5.69 Å². The third kappa shape index (κ3) is 3.67. The lowest BCUT2D eigenvalue weighted by Crippen LogP contribution is -2.33. The highest BCUT2D eigenvalue weighted by Gasteiger charge is 2.28. The van der Waals surface area contributed by atoms with Gasteiger partial charge in [-0.3, -0.25) is 4.57 Å². The average molecular weight is 407 g/mol. The molecule has 1 aromatic carbocycles. The van der Waals surface area contributed by atoms with E-state index in [-0.39, 0.29) is 17.7 Å². The molecular weight excluding hydrogens is 392 g/mol. The molecule has 140 valence electrons. The minimum Gasteiger partial charge on any atom is -0.339 e. The Hall–Kier alpha value is -2.46. The fraction of sp³-hybridized carbons (Fsp3) is 0.235. The van der Waals surface area contributed by atoms with Crippen LogP contribution in [-0.4, -0.2) is 24.2 Å². The van der Waals surface area contributed by atoms with Gasteiger partial charge in [-0.2, -0.15) is 5.10 Å². The van der Waals surface area contributed by atoms with Gasteiger partial charge in [-0.15, -0.1) is 11.3 Å². The van der Waals surface area contributed by atoms with Gasteiger partial charge < -0.3 is 4.90 Å². The van der Waals surface area contributed by atoms with Gasteiger partial charge in [0.25, 0.3) is 0 Å². The van der Waals surface area contributed by atoms with Gasteiger partial charge >= 0.3 is 5.69 Å². The highest BCUT2D eigenvalue weighted by atomic mass is 32.2. The van der Waals surface area contributed by atoms with E-state index < -0.39 is 11.6 Å². The van der Waals surface area contributed by atoms with Crippen LogP contribution in [0.15, 0.2) is 52.0 Å². The lowest BCUT2D eigenvalue weighted by molar-refractivity contribution is 0.263. The number of hydrogen-bond acceptors (Lipinski definition) is 6. The second kappa shape index (κ2) is 7.28. The Labute approximate surface area is 161 Å². The van der Waals surface area contributed by atoms with Crippen molar-refractivity contribution in [1.29, 1.82) is 0 Å². The number of rotatable bonds is 5. The molecule has 0 radical (unpaired) electrons. The van der Waals surface area contributed by atoms with E-state index in [1.807, 2.05) is 17.7 Å². The lowest BCUT2D eigenvalue weighted by Gasteiger charge is -2.26. The molecule has 1 unspecified atom stereocenters. The number of thiazole rings is 1. The summed E-state index contributed by atoms with van der Waals surface area (Å²) in [6.07, 6.45) is 3.20. The monoisotopic (exact) mass is 407 g/mol. The van der Waals surface area contributed by atoms with Crippen molar-refractivity contribution in [2.24, 2.45) is 0 Å².